The first-order chi connectivity index (χ1) is 8.72. The van der Waals surface area contributed by atoms with Crippen LogP contribution in [0.2, 0.25) is 0 Å². The van der Waals surface area contributed by atoms with Crippen LogP contribution in [0.5, 0.6) is 0 Å². The van der Waals surface area contributed by atoms with Gasteiger partial charge in [0.2, 0.25) is 0 Å². The summed E-state index contributed by atoms with van der Waals surface area (Å²) in [5.41, 5.74) is 7.72. The van der Waals surface area contributed by atoms with Gasteiger partial charge in [0.15, 0.2) is 5.78 Å². The third kappa shape index (κ3) is 2.49. The lowest BCUT2D eigenvalue weighted by molar-refractivity contribution is 0.0810. The summed E-state index contributed by atoms with van der Waals surface area (Å²) in [5, 5.41) is 0. The SMILES string of the molecule is CCCc1cccc(C(=O)C2(CN)CCCC2)c1. The Kier molecular flexibility index (Phi) is 4.18. The zero-order valence-electron chi connectivity index (χ0n) is 11.2. The zero-order valence-corrected chi connectivity index (χ0v) is 11.2. The fourth-order valence-corrected chi connectivity index (χ4v) is 3.04. The van der Waals surface area contributed by atoms with E-state index in [1.165, 1.54) is 5.56 Å². The van der Waals surface area contributed by atoms with Crippen molar-refractivity contribution in [1.29, 1.82) is 0 Å². The number of Topliss-reactive ketones (excluding diaryl/α,β-unsaturated/α-hetero) is 1. The Balaban J connectivity index is 2.24. The van der Waals surface area contributed by atoms with E-state index in [-0.39, 0.29) is 11.2 Å². The molecule has 0 amide bonds. The largest absolute Gasteiger partial charge is 0.329 e. The monoisotopic (exact) mass is 245 g/mol. The molecule has 0 saturated heterocycles. The molecule has 1 saturated carbocycles. The minimum absolute atomic E-state index is 0.264. The molecular weight excluding hydrogens is 222 g/mol. The van der Waals surface area contributed by atoms with E-state index >= 15 is 0 Å². The van der Waals surface area contributed by atoms with Crippen molar-refractivity contribution in [2.45, 2.75) is 45.4 Å². The maximum Gasteiger partial charge on any atom is 0.170 e. The molecule has 0 spiro atoms. The number of nitrogens with two attached hydrogens (primary N) is 1. The van der Waals surface area contributed by atoms with E-state index in [9.17, 15) is 4.79 Å². The van der Waals surface area contributed by atoms with Gasteiger partial charge in [0.25, 0.3) is 0 Å². The Labute approximate surface area is 110 Å². The highest BCUT2D eigenvalue weighted by molar-refractivity contribution is 6.01. The van der Waals surface area contributed by atoms with Crippen LogP contribution in [-0.2, 0) is 6.42 Å². The number of carbonyl (C=O) groups excluding carboxylic acids is 1. The third-order valence-corrected chi connectivity index (χ3v) is 4.16. The molecule has 0 bridgehead atoms. The Morgan fingerprint density at radius 3 is 2.67 bits per heavy atom. The molecule has 98 valence electrons. The lowest BCUT2D eigenvalue weighted by atomic mass is 9.78. The van der Waals surface area contributed by atoms with Crippen molar-refractivity contribution < 1.29 is 4.79 Å². The lowest BCUT2D eigenvalue weighted by Gasteiger charge is -2.25. The summed E-state index contributed by atoms with van der Waals surface area (Å²) in [6.45, 7) is 2.65. The van der Waals surface area contributed by atoms with Gasteiger partial charge in [-0.1, -0.05) is 44.4 Å². The molecule has 2 N–H and O–H groups in total. The number of rotatable bonds is 5. The number of carbonyl (C=O) groups is 1. The highest BCUT2D eigenvalue weighted by atomic mass is 16.1. The Morgan fingerprint density at radius 2 is 2.06 bits per heavy atom. The average molecular weight is 245 g/mol. The highest BCUT2D eigenvalue weighted by Gasteiger charge is 2.39. The summed E-state index contributed by atoms with van der Waals surface area (Å²) in [6.07, 6.45) is 6.34. The molecule has 2 rings (SSSR count). The Morgan fingerprint density at radius 1 is 1.33 bits per heavy atom. The second-order valence-electron chi connectivity index (χ2n) is 5.47. The summed E-state index contributed by atoms with van der Waals surface area (Å²) >= 11 is 0. The van der Waals surface area contributed by atoms with Gasteiger partial charge in [-0.3, -0.25) is 4.79 Å². The van der Waals surface area contributed by atoms with Gasteiger partial charge >= 0.3 is 0 Å². The average Bonchev–Trinajstić information content (AvgIpc) is 2.88. The molecule has 1 aliphatic rings. The molecule has 1 aromatic carbocycles. The first-order valence-corrected chi connectivity index (χ1v) is 7.06. The Hall–Kier alpha value is -1.15. The van der Waals surface area contributed by atoms with Gasteiger partial charge in [-0.15, -0.1) is 0 Å². The molecule has 1 aliphatic carbocycles. The summed E-state index contributed by atoms with van der Waals surface area (Å²) in [6, 6.07) is 8.10. The smallest absolute Gasteiger partial charge is 0.170 e. The van der Waals surface area contributed by atoms with E-state index < -0.39 is 0 Å². The van der Waals surface area contributed by atoms with E-state index in [0.717, 1.165) is 44.1 Å². The van der Waals surface area contributed by atoms with Crippen LogP contribution in [0.4, 0.5) is 0 Å². The molecule has 0 heterocycles. The molecule has 0 aliphatic heterocycles. The maximum atomic E-state index is 12.7. The molecular formula is C16H23NO. The van der Waals surface area contributed by atoms with Gasteiger partial charge in [0.05, 0.1) is 0 Å². The molecule has 1 fully saturated rings. The van der Waals surface area contributed by atoms with E-state index in [1.807, 2.05) is 12.1 Å². The van der Waals surface area contributed by atoms with Gasteiger partial charge < -0.3 is 5.73 Å². The normalized spacial score (nSPS) is 17.9. The first kappa shape index (κ1) is 13.3. The fourth-order valence-electron chi connectivity index (χ4n) is 3.04. The van der Waals surface area contributed by atoms with Crippen molar-refractivity contribution in [3.05, 3.63) is 35.4 Å². The van der Waals surface area contributed by atoms with E-state index in [2.05, 4.69) is 19.1 Å². The molecule has 18 heavy (non-hydrogen) atoms. The number of hydrogen-bond acceptors (Lipinski definition) is 2. The zero-order chi connectivity index (χ0) is 13.0. The minimum atomic E-state index is -0.273. The second-order valence-corrected chi connectivity index (χ2v) is 5.47. The van der Waals surface area contributed by atoms with Crippen LogP contribution < -0.4 is 5.73 Å². The third-order valence-electron chi connectivity index (χ3n) is 4.16. The minimum Gasteiger partial charge on any atom is -0.329 e. The van der Waals surface area contributed by atoms with Gasteiger partial charge in [-0.05, 0) is 30.9 Å². The second kappa shape index (κ2) is 5.66. The van der Waals surface area contributed by atoms with Crippen LogP contribution in [0.3, 0.4) is 0 Å². The van der Waals surface area contributed by atoms with E-state index in [1.54, 1.807) is 0 Å². The molecule has 0 atom stereocenters. The molecule has 2 heteroatoms. The van der Waals surface area contributed by atoms with Crippen LogP contribution in [0.1, 0.15) is 54.9 Å². The van der Waals surface area contributed by atoms with Gasteiger partial charge in [-0.25, -0.2) is 0 Å². The van der Waals surface area contributed by atoms with Crippen molar-refractivity contribution >= 4 is 5.78 Å². The summed E-state index contributed by atoms with van der Waals surface area (Å²) in [4.78, 5) is 12.7. The van der Waals surface area contributed by atoms with Gasteiger partial charge in [-0.2, -0.15) is 0 Å². The van der Waals surface area contributed by atoms with Crippen molar-refractivity contribution in [1.82, 2.24) is 0 Å². The van der Waals surface area contributed by atoms with Crippen LogP contribution in [0, 0.1) is 5.41 Å². The van der Waals surface area contributed by atoms with Crippen LogP contribution in [0.15, 0.2) is 24.3 Å². The summed E-state index contributed by atoms with van der Waals surface area (Å²) < 4.78 is 0. The van der Waals surface area contributed by atoms with Crippen molar-refractivity contribution in [3.63, 3.8) is 0 Å². The fraction of sp³-hybridized carbons (Fsp3) is 0.562. The van der Waals surface area contributed by atoms with Gasteiger partial charge in [0, 0.05) is 17.5 Å². The van der Waals surface area contributed by atoms with Crippen molar-refractivity contribution in [2.24, 2.45) is 11.1 Å². The maximum absolute atomic E-state index is 12.7. The molecule has 0 aromatic heterocycles. The van der Waals surface area contributed by atoms with Gasteiger partial charge in [0.1, 0.15) is 0 Å². The van der Waals surface area contributed by atoms with Crippen LogP contribution >= 0.6 is 0 Å². The number of hydrogen-bond donors (Lipinski definition) is 1. The number of ketones is 1. The molecule has 0 unspecified atom stereocenters. The first-order valence-electron chi connectivity index (χ1n) is 7.06. The Bertz CT molecular complexity index is 419. The predicted octanol–water partition coefficient (Wildman–Crippen LogP) is 3.34. The van der Waals surface area contributed by atoms with Crippen LogP contribution in [-0.4, -0.2) is 12.3 Å². The summed E-state index contributed by atoms with van der Waals surface area (Å²) in [5.74, 6) is 0.264. The lowest BCUT2D eigenvalue weighted by Crippen LogP contribution is -2.36. The number of benzene rings is 1. The number of aryl methyl sites for hydroxylation is 1. The topological polar surface area (TPSA) is 43.1 Å². The highest BCUT2D eigenvalue weighted by Crippen LogP contribution is 2.40. The standard InChI is InChI=1S/C16H23NO/c1-2-6-13-7-5-8-14(11-13)15(18)16(12-17)9-3-4-10-16/h5,7-8,11H,2-4,6,9-10,12,17H2,1H3. The van der Waals surface area contributed by atoms with Crippen molar-refractivity contribution in [2.75, 3.05) is 6.54 Å². The van der Waals surface area contributed by atoms with E-state index in [0.29, 0.717) is 6.54 Å². The summed E-state index contributed by atoms with van der Waals surface area (Å²) in [7, 11) is 0. The van der Waals surface area contributed by atoms with Crippen LogP contribution in [0.25, 0.3) is 0 Å². The predicted molar refractivity (Wildman–Crippen MR) is 74.7 cm³/mol. The molecule has 2 nitrogen and oxygen atoms in total. The van der Waals surface area contributed by atoms with E-state index in [4.69, 9.17) is 5.73 Å². The molecule has 1 aromatic rings. The molecule has 0 radical (unpaired) electrons. The van der Waals surface area contributed by atoms with Crippen molar-refractivity contribution in [3.8, 4) is 0 Å². The quantitative estimate of drug-likeness (QED) is 0.808.